The fourth-order valence-corrected chi connectivity index (χ4v) is 3.91. The number of nitrogens with zero attached hydrogens (tertiary/aromatic N) is 1. The number of benzene rings is 2. The molecule has 4 rings (SSSR count). The van der Waals surface area contributed by atoms with Gasteiger partial charge in [0.25, 0.3) is 0 Å². The minimum atomic E-state index is -4.87. The molecule has 0 N–H and O–H groups in total. The number of fused-ring (bicyclic) bond motifs is 3. The maximum atomic E-state index is 13.1. The molecule has 154 valence electrons. The summed E-state index contributed by atoms with van der Waals surface area (Å²) in [6.45, 7) is 1.02. The van der Waals surface area contributed by atoms with Crippen molar-refractivity contribution < 1.29 is 31.1 Å². The minimum Gasteiger partial charge on any atom is -0.347 e. The van der Waals surface area contributed by atoms with Crippen molar-refractivity contribution in [3.8, 4) is 0 Å². The Morgan fingerprint density at radius 2 is 1.59 bits per heavy atom. The molecule has 0 saturated carbocycles. The maximum Gasteiger partial charge on any atom is 0.416 e. The van der Waals surface area contributed by atoms with Gasteiger partial charge in [-0.1, -0.05) is 24.3 Å². The zero-order chi connectivity index (χ0) is 20.9. The smallest absolute Gasteiger partial charge is 0.347 e. The minimum absolute atomic E-state index is 0.130. The predicted molar refractivity (Wildman–Crippen MR) is 96.0 cm³/mol. The molecule has 2 nitrogen and oxygen atoms in total. The van der Waals surface area contributed by atoms with Crippen LogP contribution < -0.4 is 4.90 Å². The van der Waals surface area contributed by atoms with E-state index in [2.05, 4.69) is 0 Å². The van der Waals surface area contributed by atoms with Gasteiger partial charge < -0.3 is 9.64 Å². The molecule has 2 aliphatic rings. The lowest BCUT2D eigenvalue weighted by atomic mass is 10.0. The van der Waals surface area contributed by atoms with Crippen LogP contribution in [-0.2, 0) is 23.7 Å². The SMILES string of the molecule is FC(F)(F)c1cc(/C=C/C23CCCN2c2ccccc2CO3)cc(C(F)(F)F)c1. The molecule has 29 heavy (non-hydrogen) atoms. The molecule has 1 fully saturated rings. The number of halogens is 6. The van der Waals surface area contributed by atoms with E-state index < -0.39 is 29.2 Å². The van der Waals surface area contributed by atoms with E-state index in [-0.39, 0.29) is 11.6 Å². The standard InChI is InChI=1S/C21H17F6NO/c22-20(23,24)16-10-14(11-17(12-16)21(25,26)27)6-8-19-7-3-9-28(19)18-5-2-1-4-15(18)13-29-19/h1-2,4-6,8,10-12H,3,7,9,13H2/b8-6+. The quantitative estimate of drug-likeness (QED) is 0.539. The summed E-state index contributed by atoms with van der Waals surface area (Å²) in [4.78, 5) is 2.01. The highest BCUT2D eigenvalue weighted by Gasteiger charge is 2.43. The van der Waals surface area contributed by atoms with Gasteiger partial charge in [0.2, 0.25) is 0 Å². The zero-order valence-corrected chi connectivity index (χ0v) is 15.1. The van der Waals surface area contributed by atoms with Crippen LogP contribution in [0.2, 0.25) is 0 Å². The average molecular weight is 413 g/mol. The Morgan fingerprint density at radius 1 is 0.931 bits per heavy atom. The van der Waals surface area contributed by atoms with Gasteiger partial charge in [0.15, 0.2) is 5.72 Å². The van der Waals surface area contributed by atoms with Crippen molar-refractivity contribution in [1.82, 2.24) is 0 Å². The normalized spacial score (nSPS) is 22.1. The number of alkyl halides is 6. The first-order chi connectivity index (χ1) is 13.6. The Hall–Kier alpha value is -2.48. The third kappa shape index (κ3) is 3.73. The van der Waals surface area contributed by atoms with E-state index in [1.165, 1.54) is 6.08 Å². The van der Waals surface area contributed by atoms with Crippen LogP contribution in [0.25, 0.3) is 6.08 Å². The predicted octanol–water partition coefficient (Wildman–Crippen LogP) is 6.26. The highest BCUT2D eigenvalue weighted by molar-refractivity contribution is 5.62. The molecule has 2 heterocycles. The lowest BCUT2D eigenvalue weighted by Crippen LogP contribution is -2.47. The molecule has 0 bridgehead atoms. The van der Waals surface area contributed by atoms with Crippen molar-refractivity contribution in [2.45, 2.75) is 37.5 Å². The summed E-state index contributed by atoms with van der Waals surface area (Å²) in [6.07, 6.45) is -5.48. The Labute approximate surface area is 163 Å². The van der Waals surface area contributed by atoms with Gasteiger partial charge in [-0.2, -0.15) is 26.3 Å². The molecule has 1 saturated heterocycles. The summed E-state index contributed by atoms with van der Waals surface area (Å²) in [6, 6.07) is 9.23. The van der Waals surface area contributed by atoms with Crippen molar-refractivity contribution in [2.75, 3.05) is 11.4 Å². The summed E-state index contributed by atoms with van der Waals surface area (Å²) in [5.41, 5.74) is -1.74. The monoisotopic (exact) mass is 413 g/mol. The molecule has 1 atom stereocenters. The van der Waals surface area contributed by atoms with Crippen LogP contribution in [0.15, 0.2) is 48.5 Å². The Bertz CT molecular complexity index is 917. The van der Waals surface area contributed by atoms with Crippen LogP contribution in [0.5, 0.6) is 0 Å². The van der Waals surface area contributed by atoms with Gasteiger partial charge in [0.1, 0.15) is 0 Å². The summed E-state index contributed by atoms with van der Waals surface area (Å²) in [7, 11) is 0. The zero-order valence-electron chi connectivity index (χ0n) is 15.1. The van der Waals surface area contributed by atoms with E-state index >= 15 is 0 Å². The number of hydrogen-bond donors (Lipinski definition) is 0. The van der Waals surface area contributed by atoms with Crippen molar-refractivity contribution in [3.05, 3.63) is 70.8 Å². The van der Waals surface area contributed by atoms with E-state index in [9.17, 15) is 26.3 Å². The number of anilines is 1. The molecule has 2 aromatic carbocycles. The first kappa shape index (κ1) is 19.8. The molecule has 0 spiro atoms. The first-order valence-corrected chi connectivity index (χ1v) is 9.07. The highest BCUT2D eigenvalue weighted by atomic mass is 19.4. The van der Waals surface area contributed by atoms with Gasteiger partial charge in [-0.25, -0.2) is 0 Å². The van der Waals surface area contributed by atoms with E-state index in [4.69, 9.17) is 4.74 Å². The number of hydrogen-bond acceptors (Lipinski definition) is 2. The van der Waals surface area contributed by atoms with Crippen LogP contribution >= 0.6 is 0 Å². The molecule has 0 amide bonds. The third-order valence-corrected chi connectivity index (χ3v) is 5.28. The molecule has 0 aliphatic carbocycles. The number of rotatable bonds is 2. The summed E-state index contributed by atoms with van der Waals surface area (Å²) >= 11 is 0. The second-order valence-corrected chi connectivity index (χ2v) is 7.19. The molecule has 0 radical (unpaired) electrons. The fourth-order valence-electron chi connectivity index (χ4n) is 3.91. The van der Waals surface area contributed by atoms with Gasteiger partial charge in [0, 0.05) is 24.2 Å². The second kappa shape index (κ2) is 6.79. The van der Waals surface area contributed by atoms with Crippen molar-refractivity contribution >= 4 is 11.8 Å². The lowest BCUT2D eigenvalue weighted by Gasteiger charge is -2.42. The van der Waals surface area contributed by atoms with Crippen molar-refractivity contribution in [3.63, 3.8) is 0 Å². The van der Waals surface area contributed by atoms with Crippen molar-refractivity contribution in [2.24, 2.45) is 0 Å². The molecule has 0 aromatic heterocycles. The highest BCUT2D eigenvalue weighted by Crippen LogP contribution is 2.43. The van der Waals surface area contributed by atoms with Crippen LogP contribution in [0.3, 0.4) is 0 Å². The van der Waals surface area contributed by atoms with Gasteiger partial charge in [-0.15, -0.1) is 0 Å². The summed E-state index contributed by atoms with van der Waals surface area (Å²) in [5.74, 6) is 0. The summed E-state index contributed by atoms with van der Waals surface area (Å²) in [5, 5.41) is 0. The van der Waals surface area contributed by atoms with Gasteiger partial charge in [-0.05, 0) is 42.3 Å². The Balaban J connectivity index is 1.72. The molecule has 8 heteroatoms. The van der Waals surface area contributed by atoms with Crippen LogP contribution in [0.1, 0.15) is 35.1 Å². The van der Waals surface area contributed by atoms with Gasteiger partial charge >= 0.3 is 12.4 Å². The largest absolute Gasteiger partial charge is 0.416 e. The number of para-hydroxylation sites is 1. The second-order valence-electron chi connectivity index (χ2n) is 7.19. The van der Waals surface area contributed by atoms with Gasteiger partial charge in [-0.3, -0.25) is 0 Å². The third-order valence-electron chi connectivity index (χ3n) is 5.28. The average Bonchev–Trinajstić information content (AvgIpc) is 3.10. The van der Waals surface area contributed by atoms with Crippen LogP contribution in [-0.4, -0.2) is 12.3 Å². The molecule has 2 aromatic rings. The van der Waals surface area contributed by atoms with Crippen molar-refractivity contribution in [1.29, 1.82) is 0 Å². The lowest BCUT2D eigenvalue weighted by molar-refractivity contribution is -0.143. The van der Waals surface area contributed by atoms with E-state index in [0.717, 1.165) is 29.8 Å². The van der Waals surface area contributed by atoms with Crippen LogP contribution in [0, 0.1) is 0 Å². The fraction of sp³-hybridized carbons (Fsp3) is 0.333. The van der Waals surface area contributed by atoms with E-state index in [1.54, 1.807) is 6.08 Å². The molecular weight excluding hydrogens is 396 g/mol. The molecule has 2 aliphatic heterocycles. The molecule has 1 unspecified atom stereocenters. The molecular formula is C21H17F6NO. The topological polar surface area (TPSA) is 12.5 Å². The van der Waals surface area contributed by atoms with E-state index in [1.807, 2.05) is 29.2 Å². The Morgan fingerprint density at radius 3 is 2.24 bits per heavy atom. The number of ether oxygens (including phenoxy) is 1. The van der Waals surface area contributed by atoms with E-state index in [0.29, 0.717) is 19.6 Å². The Kier molecular flexibility index (Phi) is 4.64. The summed E-state index contributed by atoms with van der Waals surface area (Å²) < 4.78 is 84.5. The maximum absolute atomic E-state index is 13.1. The van der Waals surface area contributed by atoms with Gasteiger partial charge in [0.05, 0.1) is 17.7 Å². The first-order valence-electron chi connectivity index (χ1n) is 9.07. The van der Waals surface area contributed by atoms with Crippen LogP contribution in [0.4, 0.5) is 32.0 Å².